The molecule has 4 heteroatoms. The Morgan fingerprint density at radius 2 is 1.86 bits per heavy atom. The molecule has 1 aromatic heterocycles. The van der Waals surface area contributed by atoms with Gasteiger partial charge >= 0.3 is 0 Å². The number of aromatic nitrogens is 1. The van der Waals surface area contributed by atoms with E-state index in [0.29, 0.717) is 29.4 Å². The second kappa shape index (κ2) is 5.54. The quantitative estimate of drug-likeness (QED) is 0.754. The fraction of sp³-hybridized carbons (Fsp3) is 0.278. The highest BCUT2D eigenvalue weighted by Crippen LogP contribution is 2.26. The zero-order valence-corrected chi connectivity index (χ0v) is 12.8. The number of hydrogen-bond donors (Lipinski definition) is 1. The Labute approximate surface area is 128 Å². The third-order valence-electron chi connectivity index (χ3n) is 4.34. The summed E-state index contributed by atoms with van der Waals surface area (Å²) in [5.41, 5.74) is 8.63. The van der Waals surface area contributed by atoms with Crippen molar-refractivity contribution >= 4 is 21.8 Å². The maximum atomic E-state index is 14.1. The molecule has 114 valence electrons. The predicted octanol–water partition coefficient (Wildman–Crippen LogP) is 3.26. The molecule has 2 N–H and O–H groups in total. The van der Waals surface area contributed by atoms with Crippen molar-refractivity contribution in [3.8, 4) is 0 Å². The van der Waals surface area contributed by atoms with Crippen molar-refractivity contribution in [1.82, 2.24) is 4.57 Å². The SMILES string of the molecule is Cc1c(F)cc2c(=O)c3ccccc3n(CCCN)c2c1C. The van der Waals surface area contributed by atoms with E-state index >= 15 is 0 Å². The maximum Gasteiger partial charge on any atom is 0.197 e. The number of nitrogens with two attached hydrogens (primary N) is 1. The Morgan fingerprint density at radius 3 is 2.59 bits per heavy atom. The average molecular weight is 298 g/mol. The van der Waals surface area contributed by atoms with Crippen LogP contribution in [0.25, 0.3) is 21.8 Å². The number of nitrogens with zero attached hydrogens (tertiary/aromatic N) is 1. The second-order valence-electron chi connectivity index (χ2n) is 5.64. The molecule has 3 rings (SSSR count). The summed E-state index contributed by atoms with van der Waals surface area (Å²) in [5, 5.41) is 1.06. The highest BCUT2D eigenvalue weighted by molar-refractivity contribution is 5.95. The maximum absolute atomic E-state index is 14.1. The van der Waals surface area contributed by atoms with E-state index in [-0.39, 0.29) is 11.2 Å². The van der Waals surface area contributed by atoms with Crippen LogP contribution in [0.1, 0.15) is 17.5 Å². The number of pyridine rings is 1. The van der Waals surface area contributed by atoms with E-state index in [0.717, 1.165) is 23.0 Å². The van der Waals surface area contributed by atoms with Crippen LogP contribution in [-0.2, 0) is 6.54 Å². The van der Waals surface area contributed by atoms with E-state index in [1.165, 1.54) is 6.07 Å². The van der Waals surface area contributed by atoms with Gasteiger partial charge in [0.05, 0.1) is 11.0 Å². The van der Waals surface area contributed by atoms with E-state index in [1.807, 2.05) is 25.1 Å². The summed E-state index contributed by atoms with van der Waals surface area (Å²) >= 11 is 0. The van der Waals surface area contributed by atoms with Gasteiger partial charge in [-0.3, -0.25) is 4.79 Å². The fourth-order valence-electron chi connectivity index (χ4n) is 3.03. The van der Waals surface area contributed by atoms with E-state index in [1.54, 1.807) is 13.0 Å². The summed E-state index contributed by atoms with van der Waals surface area (Å²) in [6, 6.07) is 8.85. The van der Waals surface area contributed by atoms with Gasteiger partial charge in [-0.05, 0) is 56.1 Å². The molecule has 0 atom stereocenters. The van der Waals surface area contributed by atoms with Crippen molar-refractivity contribution in [2.24, 2.45) is 5.73 Å². The summed E-state index contributed by atoms with van der Waals surface area (Å²) in [4.78, 5) is 12.7. The van der Waals surface area contributed by atoms with Gasteiger partial charge in [-0.2, -0.15) is 0 Å². The third-order valence-corrected chi connectivity index (χ3v) is 4.34. The molecular formula is C18H19FN2O. The number of aryl methyl sites for hydroxylation is 2. The van der Waals surface area contributed by atoms with E-state index < -0.39 is 0 Å². The second-order valence-corrected chi connectivity index (χ2v) is 5.64. The average Bonchev–Trinajstić information content (AvgIpc) is 2.53. The number of benzene rings is 2. The number of rotatable bonds is 3. The van der Waals surface area contributed by atoms with Crippen LogP contribution in [0, 0.1) is 19.7 Å². The molecule has 0 aliphatic rings. The summed E-state index contributed by atoms with van der Waals surface area (Å²) in [7, 11) is 0. The molecule has 0 unspecified atom stereocenters. The molecule has 0 saturated carbocycles. The third kappa shape index (κ3) is 2.11. The fourth-order valence-corrected chi connectivity index (χ4v) is 3.03. The van der Waals surface area contributed by atoms with Crippen LogP contribution in [0.2, 0.25) is 0 Å². The summed E-state index contributed by atoms with van der Waals surface area (Å²) in [5.74, 6) is -0.331. The molecule has 2 aromatic carbocycles. The smallest absolute Gasteiger partial charge is 0.197 e. The normalized spacial score (nSPS) is 11.5. The summed E-state index contributed by atoms with van der Waals surface area (Å²) < 4.78 is 16.2. The molecule has 22 heavy (non-hydrogen) atoms. The lowest BCUT2D eigenvalue weighted by molar-refractivity contribution is 0.617. The number of fused-ring (bicyclic) bond motifs is 2. The standard InChI is InChI=1S/C18H19FN2O/c1-11-12(2)17-14(10-15(11)19)18(22)13-6-3-4-7-16(13)21(17)9-5-8-20/h3-4,6-7,10H,5,8-9,20H2,1-2H3. The summed E-state index contributed by atoms with van der Waals surface area (Å²) in [6.45, 7) is 4.89. The van der Waals surface area contributed by atoms with Crippen molar-refractivity contribution in [3.63, 3.8) is 0 Å². The van der Waals surface area contributed by atoms with Crippen LogP contribution in [0.3, 0.4) is 0 Å². The Kier molecular flexibility index (Phi) is 3.71. The molecule has 0 amide bonds. The molecule has 3 aromatic rings. The first-order valence-corrected chi connectivity index (χ1v) is 7.47. The summed E-state index contributed by atoms with van der Waals surface area (Å²) in [6.07, 6.45) is 0.803. The van der Waals surface area contributed by atoms with Gasteiger partial charge in [0.1, 0.15) is 5.82 Å². The van der Waals surface area contributed by atoms with Crippen molar-refractivity contribution < 1.29 is 4.39 Å². The first kappa shape index (κ1) is 14.7. The van der Waals surface area contributed by atoms with Crippen LogP contribution in [0.15, 0.2) is 35.1 Å². The lowest BCUT2D eigenvalue weighted by Crippen LogP contribution is -2.15. The van der Waals surface area contributed by atoms with Crippen LogP contribution in [-0.4, -0.2) is 11.1 Å². The molecule has 0 bridgehead atoms. The van der Waals surface area contributed by atoms with E-state index in [2.05, 4.69) is 4.57 Å². The minimum Gasteiger partial charge on any atom is -0.340 e. The van der Waals surface area contributed by atoms with Crippen molar-refractivity contribution in [1.29, 1.82) is 0 Å². The van der Waals surface area contributed by atoms with Crippen LogP contribution >= 0.6 is 0 Å². The Hall–Kier alpha value is -2.20. The number of para-hydroxylation sites is 1. The first-order valence-electron chi connectivity index (χ1n) is 7.47. The van der Waals surface area contributed by atoms with Gasteiger partial charge in [-0.1, -0.05) is 12.1 Å². The first-order chi connectivity index (χ1) is 10.6. The van der Waals surface area contributed by atoms with Gasteiger partial charge in [0.2, 0.25) is 0 Å². The topological polar surface area (TPSA) is 48.0 Å². The highest BCUT2D eigenvalue weighted by Gasteiger charge is 2.15. The van der Waals surface area contributed by atoms with E-state index in [4.69, 9.17) is 5.73 Å². The molecule has 3 nitrogen and oxygen atoms in total. The van der Waals surface area contributed by atoms with Crippen LogP contribution in [0.5, 0.6) is 0 Å². The van der Waals surface area contributed by atoms with E-state index in [9.17, 15) is 9.18 Å². The molecule has 0 radical (unpaired) electrons. The Balaban J connectivity index is 2.56. The molecule has 1 heterocycles. The van der Waals surface area contributed by atoms with Crippen molar-refractivity contribution in [2.75, 3.05) is 6.54 Å². The zero-order chi connectivity index (χ0) is 15.9. The minimum atomic E-state index is -0.331. The molecule has 0 aliphatic heterocycles. The van der Waals surface area contributed by atoms with Gasteiger partial charge in [0.25, 0.3) is 0 Å². The van der Waals surface area contributed by atoms with Crippen molar-refractivity contribution in [2.45, 2.75) is 26.8 Å². The number of hydrogen-bond acceptors (Lipinski definition) is 2. The monoisotopic (exact) mass is 298 g/mol. The highest BCUT2D eigenvalue weighted by atomic mass is 19.1. The molecule has 0 fully saturated rings. The zero-order valence-electron chi connectivity index (χ0n) is 12.8. The van der Waals surface area contributed by atoms with Gasteiger partial charge in [0.15, 0.2) is 5.43 Å². The molecular weight excluding hydrogens is 279 g/mol. The van der Waals surface area contributed by atoms with Crippen molar-refractivity contribution in [3.05, 3.63) is 57.5 Å². The predicted molar refractivity (Wildman–Crippen MR) is 88.8 cm³/mol. The largest absolute Gasteiger partial charge is 0.340 e. The Morgan fingerprint density at radius 1 is 1.14 bits per heavy atom. The van der Waals surface area contributed by atoms with Crippen LogP contribution in [0.4, 0.5) is 4.39 Å². The van der Waals surface area contributed by atoms with Gasteiger partial charge in [0, 0.05) is 17.3 Å². The minimum absolute atomic E-state index is 0.114. The molecule has 0 spiro atoms. The van der Waals surface area contributed by atoms with Gasteiger partial charge in [-0.15, -0.1) is 0 Å². The van der Waals surface area contributed by atoms with Crippen LogP contribution < -0.4 is 11.2 Å². The Bertz CT molecular complexity index is 928. The number of halogens is 1. The lowest BCUT2D eigenvalue weighted by atomic mass is 10.0. The molecule has 0 aliphatic carbocycles. The van der Waals surface area contributed by atoms with Gasteiger partial charge in [-0.25, -0.2) is 4.39 Å². The lowest BCUT2D eigenvalue weighted by Gasteiger charge is -2.18. The van der Waals surface area contributed by atoms with Gasteiger partial charge < -0.3 is 10.3 Å². The molecule has 0 saturated heterocycles.